The minimum Gasteiger partial charge on any atom is -0.386 e. The molecule has 0 unspecified atom stereocenters. The molecule has 0 radical (unpaired) electrons. The van der Waals surface area contributed by atoms with E-state index in [2.05, 4.69) is 15.3 Å². The van der Waals surface area contributed by atoms with Crippen LogP contribution in [0, 0.1) is 12.7 Å². The lowest BCUT2D eigenvalue weighted by molar-refractivity contribution is 0.0784. The molecule has 1 aromatic carbocycles. The third-order valence-electron chi connectivity index (χ3n) is 4.65. The molecule has 0 aliphatic heterocycles. The van der Waals surface area contributed by atoms with E-state index in [4.69, 9.17) is 0 Å². The average Bonchev–Trinajstić information content (AvgIpc) is 2.68. The summed E-state index contributed by atoms with van der Waals surface area (Å²) in [4.78, 5) is 21.3. The predicted molar refractivity (Wildman–Crippen MR) is 110 cm³/mol. The summed E-state index contributed by atoms with van der Waals surface area (Å²) in [5, 5.41) is 13.4. The molecule has 1 amide bonds. The molecule has 0 saturated heterocycles. The van der Waals surface area contributed by atoms with Gasteiger partial charge in [0.05, 0.1) is 29.2 Å². The van der Waals surface area contributed by atoms with Crippen molar-refractivity contribution >= 4 is 5.91 Å². The van der Waals surface area contributed by atoms with E-state index in [0.717, 1.165) is 17.3 Å². The van der Waals surface area contributed by atoms with Gasteiger partial charge in [0, 0.05) is 17.3 Å². The molecule has 5 nitrogen and oxygen atoms in total. The minimum absolute atomic E-state index is 0.317. The normalized spacial score (nSPS) is 12.5. The van der Waals surface area contributed by atoms with Crippen molar-refractivity contribution < 1.29 is 14.3 Å². The average molecular weight is 393 g/mol. The number of amides is 1. The maximum absolute atomic E-state index is 13.1. The molecule has 0 saturated carbocycles. The van der Waals surface area contributed by atoms with Gasteiger partial charge < -0.3 is 10.4 Å². The Hall–Kier alpha value is -3.12. The molecule has 2 N–H and O–H groups in total. The Bertz CT molecular complexity index is 1010. The van der Waals surface area contributed by atoms with Crippen molar-refractivity contribution in [3.05, 3.63) is 83.1 Å². The van der Waals surface area contributed by atoms with Crippen LogP contribution in [0.15, 0.2) is 54.9 Å². The first kappa shape index (κ1) is 20.6. The highest BCUT2D eigenvalue weighted by Crippen LogP contribution is 2.28. The van der Waals surface area contributed by atoms with Crippen LogP contribution in [0.5, 0.6) is 0 Å². The quantitative estimate of drug-likeness (QED) is 0.677. The monoisotopic (exact) mass is 393 g/mol. The summed E-state index contributed by atoms with van der Waals surface area (Å²) >= 11 is 0. The highest BCUT2D eigenvalue weighted by molar-refractivity contribution is 5.96. The fourth-order valence-electron chi connectivity index (χ4n) is 2.90. The van der Waals surface area contributed by atoms with Gasteiger partial charge in [-0.3, -0.25) is 14.8 Å². The summed E-state index contributed by atoms with van der Waals surface area (Å²) in [6.45, 7) is 7.07. The van der Waals surface area contributed by atoms with Crippen LogP contribution in [-0.4, -0.2) is 21.0 Å². The number of carbonyl (C=O) groups is 1. The summed E-state index contributed by atoms with van der Waals surface area (Å²) < 4.78 is 13.1. The van der Waals surface area contributed by atoms with Crippen LogP contribution in [0.4, 0.5) is 4.39 Å². The number of hydrogen-bond donors (Lipinski definition) is 2. The van der Waals surface area contributed by atoms with E-state index in [1.165, 1.54) is 12.1 Å². The lowest BCUT2D eigenvalue weighted by Gasteiger charge is -2.21. The van der Waals surface area contributed by atoms with Crippen molar-refractivity contribution in [1.29, 1.82) is 0 Å². The highest BCUT2D eigenvalue weighted by atomic mass is 19.1. The molecule has 2 heterocycles. The Morgan fingerprint density at radius 3 is 2.45 bits per heavy atom. The van der Waals surface area contributed by atoms with Gasteiger partial charge in [-0.05, 0) is 75.2 Å². The molecular weight excluding hydrogens is 369 g/mol. The number of aromatic nitrogens is 2. The molecule has 0 aliphatic carbocycles. The summed E-state index contributed by atoms with van der Waals surface area (Å²) in [5.41, 5.74) is 2.92. The number of pyridine rings is 2. The maximum atomic E-state index is 13.1. The molecule has 2 aromatic heterocycles. The number of nitrogens with one attached hydrogen (secondary N) is 1. The molecule has 3 aromatic rings. The molecule has 0 aliphatic rings. The van der Waals surface area contributed by atoms with E-state index in [0.29, 0.717) is 22.5 Å². The first-order valence-corrected chi connectivity index (χ1v) is 9.37. The zero-order valence-corrected chi connectivity index (χ0v) is 16.9. The number of aryl methyl sites for hydroxylation is 1. The van der Waals surface area contributed by atoms with E-state index in [-0.39, 0.29) is 5.91 Å². The summed E-state index contributed by atoms with van der Waals surface area (Å²) in [5.74, 6) is -0.747. The van der Waals surface area contributed by atoms with Gasteiger partial charge in [0.1, 0.15) is 5.82 Å². The third-order valence-corrected chi connectivity index (χ3v) is 4.65. The van der Waals surface area contributed by atoms with Crippen LogP contribution in [-0.2, 0) is 5.60 Å². The van der Waals surface area contributed by atoms with Gasteiger partial charge in [0.2, 0.25) is 0 Å². The molecule has 0 bridgehead atoms. The fraction of sp³-hybridized carbons (Fsp3) is 0.261. The zero-order valence-electron chi connectivity index (χ0n) is 16.9. The second-order valence-corrected chi connectivity index (χ2v) is 7.68. The molecule has 29 heavy (non-hydrogen) atoms. The molecule has 6 heteroatoms. The zero-order chi connectivity index (χ0) is 21.2. The van der Waals surface area contributed by atoms with Gasteiger partial charge in [0.15, 0.2) is 0 Å². The van der Waals surface area contributed by atoms with Gasteiger partial charge in [-0.25, -0.2) is 4.39 Å². The number of aliphatic hydroxyl groups is 1. The second-order valence-electron chi connectivity index (χ2n) is 7.68. The van der Waals surface area contributed by atoms with Gasteiger partial charge in [-0.15, -0.1) is 0 Å². The molecular formula is C23H24FN3O2. The number of carbonyl (C=O) groups excluding carboxylic acids is 1. The van der Waals surface area contributed by atoms with E-state index < -0.39 is 17.5 Å². The summed E-state index contributed by atoms with van der Waals surface area (Å²) in [7, 11) is 0. The van der Waals surface area contributed by atoms with Crippen molar-refractivity contribution in [1.82, 2.24) is 15.3 Å². The second kappa shape index (κ2) is 8.09. The fourth-order valence-corrected chi connectivity index (χ4v) is 2.90. The Morgan fingerprint density at radius 2 is 1.86 bits per heavy atom. The van der Waals surface area contributed by atoms with Gasteiger partial charge in [0.25, 0.3) is 5.91 Å². The molecule has 0 fully saturated rings. The van der Waals surface area contributed by atoms with Crippen molar-refractivity contribution in [3.8, 4) is 11.3 Å². The van der Waals surface area contributed by atoms with Gasteiger partial charge in [-0.2, -0.15) is 0 Å². The lowest BCUT2D eigenvalue weighted by atomic mass is 9.92. The first-order valence-electron chi connectivity index (χ1n) is 9.37. The first-order chi connectivity index (χ1) is 13.6. The largest absolute Gasteiger partial charge is 0.386 e. The SMILES string of the molecule is Cc1ccc(-c2cc(C(=O)N[C@H](C)c3ccc(F)cn3)cc(C(C)(C)O)c2)nc1. The van der Waals surface area contributed by atoms with Crippen molar-refractivity contribution in [2.75, 3.05) is 0 Å². The molecule has 0 spiro atoms. The standard InChI is InChI=1S/C23H24FN3O2/c1-14-5-7-21(25-12-14)16-9-17(11-18(10-16)23(3,4)29)22(28)27-15(2)20-8-6-19(24)13-26-20/h5-13,15,29H,1-4H3,(H,27,28)/t15-/m1/s1. The lowest BCUT2D eigenvalue weighted by Crippen LogP contribution is -2.28. The number of nitrogens with zero attached hydrogens (tertiary/aromatic N) is 2. The number of hydrogen-bond acceptors (Lipinski definition) is 4. The molecule has 150 valence electrons. The minimum atomic E-state index is -1.13. The Morgan fingerprint density at radius 1 is 1.10 bits per heavy atom. The number of rotatable bonds is 5. The summed E-state index contributed by atoms with van der Waals surface area (Å²) in [6.07, 6.45) is 2.88. The van der Waals surface area contributed by atoms with Gasteiger partial charge >= 0.3 is 0 Å². The Balaban J connectivity index is 1.94. The number of benzene rings is 1. The third kappa shape index (κ3) is 5.03. The van der Waals surface area contributed by atoms with Crippen molar-refractivity contribution in [2.45, 2.75) is 39.3 Å². The van der Waals surface area contributed by atoms with Crippen LogP contribution >= 0.6 is 0 Å². The van der Waals surface area contributed by atoms with Gasteiger partial charge in [-0.1, -0.05) is 6.07 Å². The molecule has 3 rings (SSSR count). The van der Waals surface area contributed by atoms with Crippen molar-refractivity contribution in [2.24, 2.45) is 0 Å². The summed E-state index contributed by atoms with van der Waals surface area (Å²) in [6, 6.07) is 11.5. The van der Waals surface area contributed by atoms with E-state index in [1.54, 1.807) is 39.1 Å². The van der Waals surface area contributed by atoms with E-state index in [1.807, 2.05) is 25.1 Å². The highest BCUT2D eigenvalue weighted by Gasteiger charge is 2.21. The van der Waals surface area contributed by atoms with Crippen LogP contribution in [0.1, 0.15) is 54.0 Å². The number of halogens is 1. The van der Waals surface area contributed by atoms with Crippen LogP contribution in [0.3, 0.4) is 0 Å². The van der Waals surface area contributed by atoms with Crippen molar-refractivity contribution in [3.63, 3.8) is 0 Å². The van der Waals surface area contributed by atoms with E-state index >= 15 is 0 Å². The maximum Gasteiger partial charge on any atom is 0.251 e. The smallest absolute Gasteiger partial charge is 0.251 e. The topological polar surface area (TPSA) is 75.1 Å². The predicted octanol–water partition coefficient (Wildman–Crippen LogP) is 4.31. The Labute approximate surface area is 169 Å². The molecule has 1 atom stereocenters. The van der Waals surface area contributed by atoms with Crippen LogP contribution < -0.4 is 5.32 Å². The van der Waals surface area contributed by atoms with Crippen LogP contribution in [0.25, 0.3) is 11.3 Å². The Kier molecular flexibility index (Phi) is 5.75. The van der Waals surface area contributed by atoms with E-state index in [9.17, 15) is 14.3 Å². The van der Waals surface area contributed by atoms with Crippen LogP contribution in [0.2, 0.25) is 0 Å².